The first-order chi connectivity index (χ1) is 6.86. The van der Waals surface area contributed by atoms with E-state index in [1.54, 1.807) is 19.9 Å². The first-order valence-corrected chi connectivity index (χ1v) is 6.03. The minimum atomic E-state index is -4.24. The van der Waals surface area contributed by atoms with Crippen molar-refractivity contribution < 1.29 is 13.2 Å². The molecule has 0 radical (unpaired) electrons. The van der Waals surface area contributed by atoms with Gasteiger partial charge in [-0.05, 0) is 41.0 Å². The highest BCUT2D eigenvalue weighted by Crippen LogP contribution is 2.39. The van der Waals surface area contributed by atoms with Crippen LogP contribution in [0.25, 0.3) is 0 Å². The van der Waals surface area contributed by atoms with Crippen LogP contribution in [0.3, 0.4) is 0 Å². The van der Waals surface area contributed by atoms with Gasteiger partial charge in [-0.1, -0.05) is 6.92 Å². The second kappa shape index (κ2) is 4.84. The molecule has 1 heterocycles. The summed E-state index contributed by atoms with van der Waals surface area (Å²) in [5, 5.41) is 2.44. The van der Waals surface area contributed by atoms with Crippen molar-refractivity contribution in [2.45, 2.75) is 26.1 Å². The summed E-state index contributed by atoms with van der Waals surface area (Å²) in [6.07, 6.45) is -4.24. The highest BCUT2D eigenvalue weighted by atomic mass is 79.9. The predicted octanol–water partition coefficient (Wildman–Crippen LogP) is 4.03. The smallest absolute Gasteiger partial charge is 0.302 e. The molecule has 0 aliphatic heterocycles. The van der Waals surface area contributed by atoms with Gasteiger partial charge in [0.25, 0.3) is 0 Å². The zero-order valence-corrected chi connectivity index (χ0v) is 10.7. The summed E-state index contributed by atoms with van der Waals surface area (Å²) >= 11 is 4.35. The van der Waals surface area contributed by atoms with E-state index in [1.807, 2.05) is 0 Å². The van der Waals surface area contributed by atoms with Gasteiger partial charge in [0.15, 0.2) is 0 Å². The average molecular weight is 302 g/mol. The molecule has 1 N–H and O–H groups in total. The molecular formula is C9H11BrF3NS. The van der Waals surface area contributed by atoms with Crippen LogP contribution in [-0.4, -0.2) is 12.7 Å². The molecule has 0 aliphatic carbocycles. The van der Waals surface area contributed by atoms with Crippen molar-refractivity contribution in [1.82, 2.24) is 5.32 Å². The second-order valence-electron chi connectivity index (χ2n) is 3.14. The molecule has 1 nitrogen and oxygen atoms in total. The lowest BCUT2D eigenvalue weighted by atomic mass is 10.2. The van der Waals surface area contributed by atoms with E-state index in [2.05, 4.69) is 21.2 Å². The molecule has 1 aromatic heterocycles. The molecule has 0 saturated heterocycles. The maximum atomic E-state index is 12.7. The van der Waals surface area contributed by atoms with Crippen molar-refractivity contribution >= 4 is 27.3 Å². The van der Waals surface area contributed by atoms with E-state index in [9.17, 15) is 13.2 Å². The Morgan fingerprint density at radius 2 is 2.13 bits per heavy atom. The minimum absolute atomic E-state index is 0.290. The molecule has 1 atom stereocenters. The highest BCUT2D eigenvalue weighted by Gasteiger charge is 2.41. The summed E-state index contributed by atoms with van der Waals surface area (Å²) in [6, 6.07) is 0.00718. The number of rotatable bonds is 3. The maximum Gasteiger partial charge on any atom is 0.408 e. The van der Waals surface area contributed by atoms with Gasteiger partial charge in [-0.2, -0.15) is 13.2 Å². The van der Waals surface area contributed by atoms with Gasteiger partial charge < -0.3 is 5.32 Å². The fourth-order valence-electron chi connectivity index (χ4n) is 1.21. The third-order valence-corrected chi connectivity index (χ3v) is 4.10. The van der Waals surface area contributed by atoms with E-state index < -0.39 is 12.2 Å². The summed E-state index contributed by atoms with van der Waals surface area (Å²) in [7, 11) is 0. The first-order valence-electron chi connectivity index (χ1n) is 4.42. The molecule has 1 rings (SSSR count). The maximum absolute atomic E-state index is 12.7. The third-order valence-electron chi connectivity index (χ3n) is 1.90. The zero-order valence-electron chi connectivity index (χ0n) is 8.28. The zero-order chi connectivity index (χ0) is 11.6. The molecule has 0 aromatic carbocycles. The van der Waals surface area contributed by atoms with Crippen LogP contribution >= 0.6 is 27.3 Å². The summed E-state index contributed by atoms with van der Waals surface area (Å²) in [4.78, 5) is 0.300. The number of aryl methyl sites for hydroxylation is 1. The molecule has 0 fully saturated rings. The average Bonchev–Trinajstić information content (AvgIpc) is 2.40. The molecule has 86 valence electrons. The van der Waals surface area contributed by atoms with Gasteiger partial charge in [0.1, 0.15) is 6.04 Å². The largest absolute Gasteiger partial charge is 0.408 e. The molecule has 0 aliphatic rings. The van der Waals surface area contributed by atoms with Crippen molar-refractivity contribution in [3.8, 4) is 0 Å². The van der Waals surface area contributed by atoms with Crippen molar-refractivity contribution in [3.05, 3.63) is 20.3 Å². The predicted molar refractivity (Wildman–Crippen MR) is 59.2 cm³/mol. The summed E-state index contributed by atoms with van der Waals surface area (Å²) < 4.78 is 38.7. The number of nitrogens with one attached hydrogen (secondary N) is 1. The van der Waals surface area contributed by atoms with Crippen molar-refractivity contribution in [2.75, 3.05) is 6.54 Å². The molecule has 6 heteroatoms. The fourth-order valence-corrected chi connectivity index (χ4v) is 2.88. The van der Waals surface area contributed by atoms with Crippen LogP contribution in [0.15, 0.2) is 9.85 Å². The van der Waals surface area contributed by atoms with Gasteiger partial charge in [-0.3, -0.25) is 0 Å². The summed E-state index contributed by atoms with van der Waals surface area (Å²) in [5.74, 6) is 0. The fraction of sp³-hybridized carbons (Fsp3) is 0.556. The van der Waals surface area contributed by atoms with Crippen LogP contribution in [0.4, 0.5) is 13.2 Å². The molecule has 0 bridgehead atoms. The van der Waals surface area contributed by atoms with Gasteiger partial charge in [-0.15, -0.1) is 11.3 Å². The van der Waals surface area contributed by atoms with Crippen molar-refractivity contribution in [1.29, 1.82) is 0 Å². The molecule has 15 heavy (non-hydrogen) atoms. The van der Waals surface area contributed by atoms with E-state index in [4.69, 9.17) is 0 Å². The van der Waals surface area contributed by atoms with Crippen LogP contribution in [0.5, 0.6) is 0 Å². The first kappa shape index (κ1) is 13.0. The molecule has 0 spiro atoms. The van der Waals surface area contributed by atoms with Gasteiger partial charge in [0.2, 0.25) is 0 Å². The molecule has 1 aromatic rings. The number of thiophene rings is 1. The summed E-state index contributed by atoms with van der Waals surface area (Å²) in [5.41, 5.74) is 0.835. The van der Waals surface area contributed by atoms with E-state index in [-0.39, 0.29) is 0 Å². The Morgan fingerprint density at radius 1 is 1.53 bits per heavy atom. The quantitative estimate of drug-likeness (QED) is 0.889. The monoisotopic (exact) mass is 301 g/mol. The number of hydrogen-bond acceptors (Lipinski definition) is 2. The highest BCUT2D eigenvalue weighted by molar-refractivity contribution is 9.11. The van der Waals surface area contributed by atoms with E-state index >= 15 is 0 Å². The lowest BCUT2D eigenvalue weighted by Crippen LogP contribution is -2.33. The van der Waals surface area contributed by atoms with Crippen LogP contribution in [0.2, 0.25) is 0 Å². The Balaban J connectivity index is 2.99. The van der Waals surface area contributed by atoms with Crippen molar-refractivity contribution in [3.63, 3.8) is 0 Å². The Hall–Kier alpha value is -0.0700. The lowest BCUT2D eigenvalue weighted by molar-refractivity contribution is -0.156. The Labute approximate surface area is 98.8 Å². The molecule has 0 amide bonds. The van der Waals surface area contributed by atoms with Gasteiger partial charge in [-0.25, -0.2) is 0 Å². The van der Waals surface area contributed by atoms with Crippen LogP contribution in [0.1, 0.15) is 23.4 Å². The number of halogens is 4. The molecular weight excluding hydrogens is 291 g/mol. The van der Waals surface area contributed by atoms with Gasteiger partial charge in [0, 0.05) is 4.88 Å². The third kappa shape index (κ3) is 3.19. The van der Waals surface area contributed by atoms with Crippen molar-refractivity contribution in [2.24, 2.45) is 0 Å². The van der Waals surface area contributed by atoms with Crippen LogP contribution in [-0.2, 0) is 0 Å². The summed E-state index contributed by atoms with van der Waals surface area (Å²) in [6.45, 7) is 3.73. The van der Waals surface area contributed by atoms with E-state index in [0.29, 0.717) is 11.4 Å². The van der Waals surface area contributed by atoms with Gasteiger partial charge in [0.05, 0.1) is 3.79 Å². The normalized spacial score (nSPS) is 14.3. The Bertz CT molecular complexity index is 315. The molecule has 0 saturated carbocycles. The minimum Gasteiger partial charge on any atom is -0.302 e. The van der Waals surface area contributed by atoms with E-state index in [1.165, 1.54) is 0 Å². The van der Waals surface area contributed by atoms with Crippen LogP contribution < -0.4 is 5.32 Å². The standard InChI is InChI=1S/C9H11BrF3NS/c1-3-14-7(9(11,12)13)6-4-5(2)8(10)15-6/h4,7,14H,3H2,1-2H3. The molecule has 1 unspecified atom stereocenters. The lowest BCUT2D eigenvalue weighted by Gasteiger charge is -2.19. The van der Waals surface area contributed by atoms with E-state index in [0.717, 1.165) is 20.7 Å². The topological polar surface area (TPSA) is 12.0 Å². The SMILES string of the molecule is CCNC(c1cc(C)c(Br)s1)C(F)(F)F. The number of hydrogen-bond donors (Lipinski definition) is 1. The van der Waals surface area contributed by atoms with Crippen LogP contribution in [0, 0.1) is 6.92 Å². The number of alkyl halides is 3. The second-order valence-corrected chi connectivity index (χ2v) is 5.54. The Kier molecular flexibility index (Phi) is 4.20. The van der Waals surface area contributed by atoms with Gasteiger partial charge >= 0.3 is 6.18 Å². The Morgan fingerprint density at radius 3 is 2.47 bits per heavy atom.